The Morgan fingerprint density at radius 1 is 1.39 bits per heavy atom. The Balaban J connectivity index is 3.29. The fourth-order valence-electron chi connectivity index (χ4n) is 1.90. The Morgan fingerprint density at radius 2 is 2.09 bits per heavy atom. The van der Waals surface area contributed by atoms with Crippen molar-refractivity contribution >= 4 is 17.3 Å². The first kappa shape index (κ1) is 18.8. The Labute approximate surface area is 141 Å². The molecule has 0 aliphatic carbocycles. The number of nitroso groups, excluding NO2 is 1. The summed E-state index contributed by atoms with van der Waals surface area (Å²) in [5.41, 5.74) is 3.17. The highest BCUT2D eigenvalue weighted by Gasteiger charge is 2.09. The van der Waals surface area contributed by atoms with Crippen molar-refractivity contribution in [1.82, 2.24) is 9.78 Å². The minimum atomic E-state index is 0.162. The van der Waals surface area contributed by atoms with Crippen LogP contribution in [0.5, 0.6) is 0 Å². The molecule has 122 valence electrons. The topological polar surface area (TPSA) is 59.6 Å². The molecule has 0 amide bonds. The van der Waals surface area contributed by atoms with Crippen molar-refractivity contribution in [1.29, 1.82) is 0 Å². The van der Waals surface area contributed by atoms with Crippen molar-refractivity contribution in [2.24, 2.45) is 10.2 Å². The van der Waals surface area contributed by atoms with Gasteiger partial charge in [-0.05, 0) is 50.6 Å². The van der Waals surface area contributed by atoms with Crippen LogP contribution in [-0.4, -0.2) is 15.5 Å². The number of rotatable bonds is 7. The van der Waals surface area contributed by atoms with Gasteiger partial charge < -0.3 is 0 Å². The maximum atomic E-state index is 10.8. The summed E-state index contributed by atoms with van der Waals surface area (Å²) in [5.74, 6) is 0. The van der Waals surface area contributed by atoms with Crippen LogP contribution in [0.3, 0.4) is 0 Å². The van der Waals surface area contributed by atoms with Gasteiger partial charge in [0.05, 0.1) is 12.2 Å². The summed E-state index contributed by atoms with van der Waals surface area (Å²) in [6.07, 6.45) is 7.29. The Morgan fingerprint density at radius 3 is 2.57 bits per heavy atom. The first-order chi connectivity index (χ1) is 10.9. The molecule has 1 rings (SSSR count). The van der Waals surface area contributed by atoms with Crippen molar-refractivity contribution in [3.8, 4) is 0 Å². The maximum Gasteiger partial charge on any atom is 0.105 e. The van der Waals surface area contributed by atoms with Gasteiger partial charge in [0.2, 0.25) is 0 Å². The monoisotopic (exact) mass is 332 g/mol. The average Bonchev–Trinajstić information content (AvgIpc) is 3.03. The van der Waals surface area contributed by atoms with Crippen LogP contribution in [0.1, 0.15) is 27.7 Å². The molecule has 0 fully saturated rings. The second-order valence-corrected chi connectivity index (χ2v) is 5.58. The molecule has 1 heterocycles. The van der Waals surface area contributed by atoms with E-state index in [0.717, 1.165) is 11.3 Å². The molecule has 0 saturated carbocycles. The average molecular weight is 333 g/mol. The molecule has 1 aromatic heterocycles. The van der Waals surface area contributed by atoms with Crippen molar-refractivity contribution in [3.05, 3.63) is 69.7 Å². The van der Waals surface area contributed by atoms with Crippen LogP contribution in [0.2, 0.25) is 0 Å². The van der Waals surface area contributed by atoms with E-state index in [2.05, 4.69) is 21.8 Å². The highest BCUT2D eigenvalue weighted by Crippen LogP contribution is 2.19. The van der Waals surface area contributed by atoms with Crippen LogP contribution in [-0.2, 0) is 6.54 Å². The highest BCUT2D eigenvalue weighted by atomic mass is 35.5. The van der Waals surface area contributed by atoms with Crippen molar-refractivity contribution in [3.63, 3.8) is 0 Å². The SMILES string of the molecule is C=C(N=O)/C(C)=C(Cn1cccn1)/N=C(C)/C(/C=C(\C)Cl)=C/C. The summed E-state index contributed by atoms with van der Waals surface area (Å²) in [6.45, 7) is 11.5. The molecule has 0 radical (unpaired) electrons. The van der Waals surface area contributed by atoms with E-state index in [1.165, 1.54) is 0 Å². The van der Waals surface area contributed by atoms with E-state index in [9.17, 15) is 4.91 Å². The number of hydrogen-bond donors (Lipinski definition) is 0. The first-order valence-corrected chi connectivity index (χ1v) is 7.52. The molecule has 1 aromatic rings. The van der Waals surface area contributed by atoms with Gasteiger partial charge >= 0.3 is 0 Å². The third-order valence-corrected chi connectivity index (χ3v) is 3.34. The van der Waals surface area contributed by atoms with Crippen molar-refractivity contribution < 1.29 is 0 Å². The zero-order valence-corrected chi connectivity index (χ0v) is 14.6. The van der Waals surface area contributed by atoms with Crippen molar-refractivity contribution in [2.75, 3.05) is 0 Å². The zero-order chi connectivity index (χ0) is 17.4. The molecule has 6 heteroatoms. The van der Waals surface area contributed by atoms with E-state index in [-0.39, 0.29) is 5.70 Å². The van der Waals surface area contributed by atoms with Crippen LogP contribution in [0, 0.1) is 4.91 Å². The fraction of sp³-hybridized carbons (Fsp3) is 0.294. The molecule has 0 N–H and O–H groups in total. The third kappa shape index (κ3) is 5.79. The zero-order valence-electron chi connectivity index (χ0n) is 13.9. The summed E-state index contributed by atoms with van der Waals surface area (Å²) in [6, 6.07) is 1.83. The lowest BCUT2D eigenvalue weighted by molar-refractivity contribution is 0.668. The number of halogens is 1. The third-order valence-electron chi connectivity index (χ3n) is 3.23. The van der Waals surface area contributed by atoms with Crippen molar-refractivity contribution in [2.45, 2.75) is 34.2 Å². The molecular formula is C17H21ClN4O. The molecule has 0 aliphatic heterocycles. The van der Waals surface area contributed by atoms with E-state index in [0.29, 0.717) is 22.8 Å². The number of aliphatic imine (C=N–C) groups is 1. The van der Waals surface area contributed by atoms with Crippen LogP contribution in [0.4, 0.5) is 0 Å². The summed E-state index contributed by atoms with van der Waals surface area (Å²) in [7, 11) is 0. The van der Waals surface area contributed by atoms with Crippen LogP contribution < -0.4 is 0 Å². The van der Waals surface area contributed by atoms with Gasteiger partial charge in [-0.25, -0.2) is 0 Å². The predicted molar refractivity (Wildman–Crippen MR) is 96.3 cm³/mol. The number of nitrogens with zero attached hydrogens (tertiary/aromatic N) is 4. The summed E-state index contributed by atoms with van der Waals surface area (Å²) < 4.78 is 1.73. The van der Waals surface area contributed by atoms with E-state index < -0.39 is 0 Å². The van der Waals surface area contributed by atoms with Crippen LogP contribution in [0.15, 0.2) is 74.9 Å². The highest BCUT2D eigenvalue weighted by molar-refractivity contribution is 6.29. The van der Waals surface area contributed by atoms with Crippen LogP contribution in [0.25, 0.3) is 0 Å². The van der Waals surface area contributed by atoms with Crippen LogP contribution >= 0.6 is 11.6 Å². The summed E-state index contributed by atoms with van der Waals surface area (Å²) in [4.78, 5) is 15.4. The minimum absolute atomic E-state index is 0.162. The minimum Gasteiger partial charge on any atom is -0.267 e. The lowest BCUT2D eigenvalue weighted by atomic mass is 10.1. The van der Waals surface area contributed by atoms with Gasteiger partial charge in [-0.1, -0.05) is 24.3 Å². The van der Waals surface area contributed by atoms with E-state index in [1.807, 2.05) is 45.2 Å². The Bertz CT molecular complexity index is 690. The molecule has 5 nitrogen and oxygen atoms in total. The maximum absolute atomic E-state index is 10.8. The number of allylic oxidation sites excluding steroid dienone is 6. The number of aromatic nitrogens is 2. The fourth-order valence-corrected chi connectivity index (χ4v) is 2.02. The lowest BCUT2D eigenvalue weighted by Gasteiger charge is -2.10. The molecule has 23 heavy (non-hydrogen) atoms. The van der Waals surface area contributed by atoms with Gasteiger partial charge in [-0.15, -0.1) is 4.91 Å². The van der Waals surface area contributed by atoms with Gasteiger partial charge in [0.25, 0.3) is 0 Å². The number of hydrogen-bond acceptors (Lipinski definition) is 4. The summed E-state index contributed by atoms with van der Waals surface area (Å²) >= 11 is 5.95. The lowest BCUT2D eigenvalue weighted by Crippen LogP contribution is -2.06. The molecular weight excluding hydrogens is 312 g/mol. The molecule has 0 atom stereocenters. The normalized spacial score (nSPS) is 14.6. The largest absolute Gasteiger partial charge is 0.267 e. The molecule has 0 saturated heterocycles. The summed E-state index contributed by atoms with van der Waals surface area (Å²) in [5, 5.41) is 7.75. The molecule has 0 bridgehead atoms. The predicted octanol–water partition coefficient (Wildman–Crippen LogP) is 4.99. The van der Waals surface area contributed by atoms with Gasteiger partial charge in [0.1, 0.15) is 5.70 Å². The van der Waals surface area contributed by atoms with Gasteiger partial charge in [-0.3, -0.25) is 9.67 Å². The second kappa shape index (κ2) is 9.00. The standard InChI is InChI=1S/C17H21ClN4O/c1-6-16(10-12(2)18)15(5)20-17(13(3)14(4)21-23)11-22-9-7-8-19-22/h6-10H,4,11H2,1-3,5H3/b12-10+,16-6+,17-13+,20-15+. The molecule has 0 aliphatic rings. The smallest absolute Gasteiger partial charge is 0.105 e. The molecule has 0 unspecified atom stereocenters. The van der Waals surface area contributed by atoms with E-state index >= 15 is 0 Å². The Hall–Kier alpha value is -2.27. The quantitative estimate of drug-likeness (QED) is 0.401. The first-order valence-electron chi connectivity index (χ1n) is 7.14. The van der Waals surface area contributed by atoms with E-state index in [4.69, 9.17) is 11.6 Å². The second-order valence-electron chi connectivity index (χ2n) is 4.99. The van der Waals surface area contributed by atoms with Gasteiger partial charge in [0.15, 0.2) is 0 Å². The van der Waals surface area contributed by atoms with Gasteiger partial charge in [-0.2, -0.15) is 5.10 Å². The van der Waals surface area contributed by atoms with Gasteiger partial charge in [0, 0.05) is 28.7 Å². The molecule has 0 spiro atoms. The van der Waals surface area contributed by atoms with E-state index in [1.54, 1.807) is 17.8 Å². The Kier molecular flexibility index (Phi) is 7.35. The molecule has 0 aromatic carbocycles.